The number of hydrogen-bond donors (Lipinski definition) is 1. The molecule has 0 spiro atoms. The average molecular weight is 456 g/mol. The number of nitrogens with one attached hydrogen (secondary N) is 1. The van der Waals surface area contributed by atoms with Crippen molar-refractivity contribution in [3.8, 4) is 40.1 Å². The normalized spacial score (nSPS) is 11.8. The molecular formula is C25H33N3O5. The maximum Gasteiger partial charge on any atom is 0.233 e. The van der Waals surface area contributed by atoms with Crippen LogP contribution < -0.4 is 23.7 Å². The van der Waals surface area contributed by atoms with E-state index in [2.05, 4.69) is 35.1 Å². The molecule has 0 saturated carbocycles. The van der Waals surface area contributed by atoms with Crippen molar-refractivity contribution in [3.05, 3.63) is 48.0 Å². The number of rotatable bonds is 12. The Kier molecular flexibility index (Phi) is 8.43. The second-order valence-electron chi connectivity index (χ2n) is 7.77. The van der Waals surface area contributed by atoms with Gasteiger partial charge in [-0.3, -0.25) is 10.00 Å². The van der Waals surface area contributed by atoms with Crippen LogP contribution in [-0.4, -0.2) is 69.8 Å². The molecule has 0 aliphatic heterocycles. The Labute approximate surface area is 195 Å². The molecule has 1 atom stereocenters. The van der Waals surface area contributed by atoms with E-state index < -0.39 is 0 Å². The zero-order valence-corrected chi connectivity index (χ0v) is 20.2. The molecule has 3 aromatic rings. The fourth-order valence-electron chi connectivity index (χ4n) is 3.42. The van der Waals surface area contributed by atoms with Gasteiger partial charge in [-0.25, -0.2) is 0 Å². The van der Waals surface area contributed by atoms with Crippen LogP contribution in [0.4, 0.5) is 0 Å². The molecule has 0 aliphatic carbocycles. The first-order valence-corrected chi connectivity index (χ1v) is 10.8. The molecule has 178 valence electrons. The third-order valence-corrected chi connectivity index (χ3v) is 5.67. The Hall–Kier alpha value is -3.39. The van der Waals surface area contributed by atoms with E-state index in [0.717, 1.165) is 35.7 Å². The van der Waals surface area contributed by atoms with Crippen LogP contribution in [-0.2, 0) is 6.42 Å². The third-order valence-electron chi connectivity index (χ3n) is 5.67. The first-order valence-electron chi connectivity index (χ1n) is 10.8. The van der Waals surface area contributed by atoms with Crippen molar-refractivity contribution in [1.29, 1.82) is 0 Å². The van der Waals surface area contributed by atoms with Crippen molar-refractivity contribution in [1.82, 2.24) is 15.1 Å². The summed E-state index contributed by atoms with van der Waals surface area (Å²) in [6.07, 6.45) is 0.896. The van der Waals surface area contributed by atoms with Crippen molar-refractivity contribution in [2.45, 2.75) is 19.4 Å². The van der Waals surface area contributed by atoms with Gasteiger partial charge in [0, 0.05) is 24.2 Å². The number of aromatic amines is 1. The van der Waals surface area contributed by atoms with Crippen LogP contribution in [0.5, 0.6) is 28.9 Å². The number of aromatic nitrogens is 2. The standard InChI is InChI=1S/C25H33N3O5/c1-17(28(2)12-11-18-7-9-21(29-3)23(13-18)31-5)16-33-25-15-20(26-27-25)19-8-10-22(30-4)24(14-19)32-6/h7-10,13-15,17H,11-12,16H2,1-6H3,(H,26,27). The largest absolute Gasteiger partial charge is 0.493 e. The SMILES string of the molecule is COc1ccc(CCN(C)C(C)COc2cc(-c3ccc(OC)c(OC)c3)[nH]n2)cc1OC. The molecule has 33 heavy (non-hydrogen) atoms. The quantitative estimate of drug-likeness (QED) is 0.441. The van der Waals surface area contributed by atoms with Crippen LogP contribution in [0, 0.1) is 0 Å². The van der Waals surface area contributed by atoms with E-state index in [4.69, 9.17) is 23.7 Å². The summed E-state index contributed by atoms with van der Waals surface area (Å²) in [4.78, 5) is 2.26. The highest BCUT2D eigenvalue weighted by molar-refractivity contribution is 5.64. The predicted molar refractivity (Wildman–Crippen MR) is 128 cm³/mol. The maximum absolute atomic E-state index is 5.93. The lowest BCUT2D eigenvalue weighted by molar-refractivity contribution is 0.170. The van der Waals surface area contributed by atoms with E-state index in [1.54, 1.807) is 28.4 Å². The molecule has 1 unspecified atom stereocenters. The zero-order chi connectivity index (χ0) is 23.8. The van der Waals surface area contributed by atoms with Gasteiger partial charge in [0.2, 0.25) is 5.88 Å². The minimum atomic E-state index is 0.214. The van der Waals surface area contributed by atoms with E-state index in [-0.39, 0.29) is 6.04 Å². The molecule has 0 saturated heterocycles. The Balaban J connectivity index is 1.52. The van der Waals surface area contributed by atoms with E-state index in [9.17, 15) is 0 Å². The molecule has 3 rings (SSSR count). The number of hydrogen-bond acceptors (Lipinski definition) is 7. The number of H-pyrrole nitrogens is 1. The molecule has 1 heterocycles. The van der Waals surface area contributed by atoms with Crippen molar-refractivity contribution < 1.29 is 23.7 Å². The van der Waals surface area contributed by atoms with Crippen molar-refractivity contribution in [2.24, 2.45) is 0 Å². The molecule has 1 N–H and O–H groups in total. The number of ether oxygens (including phenoxy) is 5. The van der Waals surface area contributed by atoms with Crippen LogP contribution in [0.2, 0.25) is 0 Å². The van der Waals surface area contributed by atoms with Crippen LogP contribution in [0.1, 0.15) is 12.5 Å². The van der Waals surface area contributed by atoms with Crippen LogP contribution in [0.3, 0.4) is 0 Å². The second kappa shape index (κ2) is 11.5. The van der Waals surface area contributed by atoms with Gasteiger partial charge in [-0.1, -0.05) is 6.07 Å². The summed E-state index contributed by atoms with van der Waals surface area (Å²) in [5, 5.41) is 7.31. The minimum absolute atomic E-state index is 0.214. The van der Waals surface area contributed by atoms with Gasteiger partial charge < -0.3 is 23.7 Å². The van der Waals surface area contributed by atoms with E-state index in [0.29, 0.717) is 24.0 Å². The Morgan fingerprint density at radius 1 is 0.848 bits per heavy atom. The number of likely N-dealkylation sites (N-methyl/N-ethyl adjacent to an activating group) is 1. The van der Waals surface area contributed by atoms with Crippen LogP contribution in [0.25, 0.3) is 11.3 Å². The van der Waals surface area contributed by atoms with Gasteiger partial charge in [-0.2, -0.15) is 0 Å². The highest BCUT2D eigenvalue weighted by Gasteiger charge is 2.14. The molecule has 8 heteroatoms. The molecular weight excluding hydrogens is 422 g/mol. The molecule has 1 aromatic heterocycles. The summed E-state index contributed by atoms with van der Waals surface area (Å²) in [5.74, 6) is 3.39. The molecule has 0 fully saturated rings. The number of benzene rings is 2. The Morgan fingerprint density at radius 2 is 1.48 bits per heavy atom. The second-order valence-corrected chi connectivity index (χ2v) is 7.77. The van der Waals surface area contributed by atoms with Crippen LogP contribution in [0.15, 0.2) is 42.5 Å². The van der Waals surface area contributed by atoms with Gasteiger partial charge in [0.05, 0.1) is 34.1 Å². The monoisotopic (exact) mass is 455 g/mol. The summed E-state index contributed by atoms with van der Waals surface area (Å²) >= 11 is 0. The lowest BCUT2D eigenvalue weighted by Gasteiger charge is -2.24. The smallest absolute Gasteiger partial charge is 0.233 e. The summed E-state index contributed by atoms with van der Waals surface area (Å²) in [6.45, 7) is 3.55. The van der Waals surface area contributed by atoms with E-state index >= 15 is 0 Å². The van der Waals surface area contributed by atoms with Gasteiger partial charge in [0.15, 0.2) is 23.0 Å². The highest BCUT2D eigenvalue weighted by Crippen LogP contribution is 2.32. The molecule has 2 aromatic carbocycles. The summed E-state index contributed by atoms with van der Waals surface area (Å²) in [5.41, 5.74) is 2.98. The fourth-order valence-corrected chi connectivity index (χ4v) is 3.42. The van der Waals surface area contributed by atoms with E-state index in [1.807, 2.05) is 36.4 Å². The minimum Gasteiger partial charge on any atom is -0.493 e. The molecule has 0 radical (unpaired) electrons. The topological polar surface area (TPSA) is 78.1 Å². The molecule has 0 amide bonds. The summed E-state index contributed by atoms with van der Waals surface area (Å²) in [7, 11) is 8.62. The fraction of sp³-hybridized carbons (Fsp3) is 0.400. The molecule has 0 bridgehead atoms. The Morgan fingerprint density at radius 3 is 2.15 bits per heavy atom. The number of nitrogens with zero attached hydrogens (tertiary/aromatic N) is 2. The maximum atomic E-state index is 5.93. The first-order chi connectivity index (χ1) is 16.0. The van der Waals surface area contributed by atoms with Gasteiger partial charge in [-0.05, 0) is 56.3 Å². The van der Waals surface area contributed by atoms with Crippen molar-refractivity contribution in [3.63, 3.8) is 0 Å². The lowest BCUT2D eigenvalue weighted by atomic mass is 10.1. The third kappa shape index (κ3) is 6.10. The Bertz CT molecular complexity index is 1040. The highest BCUT2D eigenvalue weighted by atomic mass is 16.5. The molecule has 0 aliphatic rings. The van der Waals surface area contributed by atoms with Gasteiger partial charge in [0.1, 0.15) is 6.61 Å². The first kappa shape index (κ1) is 24.3. The van der Waals surface area contributed by atoms with Gasteiger partial charge in [0.25, 0.3) is 0 Å². The van der Waals surface area contributed by atoms with E-state index in [1.165, 1.54) is 5.56 Å². The van der Waals surface area contributed by atoms with Gasteiger partial charge in [-0.15, -0.1) is 5.10 Å². The molecule has 8 nitrogen and oxygen atoms in total. The van der Waals surface area contributed by atoms with Crippen molar-refractivity contribution >= 4 is 0 Å². The van der Waals surface area contributed by atoms with Crippen molar-refractivity contribution in [2.75, 3.05) is 48.6 Å². The average Bonchev–Trinajstić information content (AvgIpc) is 3.34. The lowest BCUT2D eigenvalue weighted by Crippen LogP contribution is -2.35. The summed E-state index contributed by atoms with van der Waals surface area (Å²) < 4.78 is 27.3. The zero-order valence-electron chi connectivity index (χ0n) is 20.2. The predicted octanol–water partition coefficient (Wildman–Crippen LogP) is 4.05. The van der Waals surface area contributed by atoms with Gasteiger partial charge >= 0.3 is 0 Å². The van der Waals surface area contributed by atoms with Crippen LogP contribution >= 0.6 is 0 Å². The number of methoxy groups -OCH3 is 4. The summed E-state index contributed by atoms with van der Waals surface area (Å²) in [6, 6.07) is 13.8.